The van der Waals surface area contributed by atoms with Crippen LogP contribution in [0.4, 0.5) is 0 Å². The van der Waals surface area contributed by atoms with Gasteiger partial charge in [0.15, 0.2) is 0 Å². The van der Waals surface area contributed by atoms with E-state index in [1.807, 2.05) is 0 Å². The number of aliphatic hydroxyl groups is 1. The van der Waals surface area contributed by atoms with Gasteiger partial charge < -0.3 is 5.11 Å². The maximum atomic E-state index is 9.55. The molecule has 0 aromatic carbocycles. The van der Waals surface area contributed by atoms with E-state index < -0.39 is 0 Å². The molecule has 1 aliphatic carbocycles. The van der Waals surface area contributed by atoms with Crippen LogP contribution >= 0.6 is 0 Å². The third-order valence-electron chi connectivity index (χ3n) is 2.64. The number of hydrogen-bond acceptors (Lipinski definition) is 1. The van der Waals surface area contributed by atoms with Gasteiger partial charge in [-0.2, -0.15) is 0 Å². The molecule has 1 fully saturated rings. The van der Waals surface area contributed by atoms with Crippen molar-refractivity contribution in [1.82, 2.24) is 0 Å². The zero-order valence-electron chi connectivity index (χ0n) is 6.84. The first-order valence-corrected chi connectivity index (χ1v) is 4.52. The van der Waals surface area contributed by atoms with Crippen molar-refractivity contribution in [3.8, 4) is 0 Å². The third kappa shape index (κ3) is 1.98. The summed E-state index contributed by atoms with van der Waals surface area (Å²) in [6.07, 6.45) is 7.34. The first kappa shape index (κ1) is 8.06. The van der Waals surface area contributed by atoms with Crippen LogP contribution in [0, 0.1) is 5.92 Å². The molecular weight excluding hydrogens is 124 g/mol. The Morgan fingerprint density at radius 1 is 1.20 bits per heavy atom. The smallest absolute Gasteiger partial charge is 0.0568 e. The first-order chi connectivity index (χ1) is 4.84. The number of rotatable bonds is 1. The standard InChI is InChI=1S/C9H18O/c1-2-8-6-4-3-5-7-9(8)10/h8-10H,2-7H2,1H3/t8-,9-/m1/s1. The van der Waals surface area contributed by atoms with Crippen molar-refractivity contribution in [2.75, 3.05) is 0 Å². The van der Waals surface area contributed by atoms with Crippen LogP contribution in [-0.2, 0) is 0 Å². The third-order valence-corrected chi connectivity index (χ3v) is 2.64. The highest BCUT2D eigenvalue weighted by Crippen LogP contribution is 2.25. The molecule has 0 unspecified atom stereocenters. The molecule has 0 aromatic heterocycles. The summed E-state index contributed by atoms with van der Waals surface area (Å²) in [4.78, 5) is 0. The molecule has 1 rings (SSSR count). The second-order valence-corrected chi connectivity index (χ2v) is 3.37. The van der Waals surface area contributed by atoms with Crippen LogP contribution in [0.5, 0.6) is 0 Å². The number of aliphatic hydroxyl groups excluding tert-OH is 1. The molecule has 0 radical (unpaired) electrons. The molecule has 0 aliphatic heterocycles. The summed E-state index contributed by atoms with van der Waals surface area (Å²) in [6.45, 7) is 2.18. The van der Waals surface area contributed by atoms with Crippen LogP contribution in [0.1, 0.15) is 45.4 Å². The Morgan fingerprint density at radius 2 is 1.90 bits per heavy atom. The van der Waals surface area contributed by atoms with Gasteiger partial charge in [0.25, 0.3) is 0 Å². The Balaban J connectivity index is 2.35. The largest absolute Gasteiger partial charge is 0.393 e. The normalized spacial score (nSPS) is 35.4. The number of hydrogen-bond donors (Lipinski definition) is 1. The molecule has 2 atom stereocenters. The van der Waals surface area contributed by atoms with Gasteiger partial charge in [-0.15, -0.1) is 0 Å². The predicted octanol–water partition coefficient (Wildman–Crippen LogP) is 2.34. The molecule has 1 nitrogen and oxygen atoms in total. The molecule has 0 amide bonds. The highest BCUT2D eigenvalue weighted by molar-refractivity contribution is 4.71. The molecule has 1 saturated carbocycles. The van der Waals surface area contributed by atoms with Crippen LogP contribution < -0.4 is 0 Å². The van der Waals surface area contributed by atoms with Crippen molar-refractivity contribution >= 4 is 0 Å². The van der Waals surface area contributed by atoms with E-state index in [1.54, 1.807) is 0 Å². The zero-order valence-corrected chi connectivity index (χ0v) is 6.84. The van der Waals surface area contributed by atoms with Gasteiger partial charge in [-0.1, -0.05) is 32.6 Å². The van der Waals surface area contributed by atoms with E-state index in [9.17, 15) is 5.11 Å². The Morgan fingerprint density at radius 3 is 2.60 bits per heavy atom. The summed E-state index contributed by atoms with van der Waals surface area (Å²) in [5, 5.41) is 9.55. The van der Waals surface area contributed by atoms with Crippen molar-refractivity contribution in [1.29, 1.82) is 0 Å². The van der Waals surface area contributed by atoms with Crippen LogP contribution in [-0.4, -0.2) is 11.2 Å². The lowest BCUT2D eigenvalue weighted by Crippen LogP contribution is -2.17. The fourth-order valence-electron chi connectivity index (χ4n) is 1.84. The van der Waals surface area contributed by atoms with Crippen molar-refractivity contribution in [2.24, 2.45) is 5.92 Å². The summed E-state index contributed by atoms with van der Waals surface area (Å²) in [6, 6.07) is 0. The van der Waals surface area contributed by atoms with Crippen molar-refractivity contribution in [3.05, 3.63) is 0 Å². The summed E-state index contributed by atoms with van der Waals surface area (Å²) in [5.74, 6) is 0.600. The predicted molar refractivity (Wildman–Crippen MR) is 42.9 cm³/mol. The average molecular weight is 142 g/mol. The molecular formula is C9H18O. The van der Waals surface area contributed by atoms with Gasteiger partial charge in [-0.25, -0.2) is 0 Å². The van der Waals surface area contributed by atoms with E-state index >= 15 is 0 Å². The second-order valence-electron chi connectivity index (χ2n) is 3.37. The molecule has 0 bridgehead atoms. The molecule has 0 aromatic rings. The van der Waals surface area contributed by atoms with E-state index in [1.165, 1.54) is 25.7 Å². The molecule has 1 aliphatic rings. The molecule has 1 N–H and O–H groups in total. The van der Waals surface area contributed by atoms with Crippen molar-refractivity contribution in [2.45, 2.75) is 51.6 Å². The SMILES string of the molecule is CC[C@@H]1CCCCC[C@H]1O. The topological polar surface area (TPSA) is 20.2 Å². The Labute approximate surface area is 63.4 Å². The minimum Gasteiger partial charge on any atom is -0.393 e. The summed E-state index contributed by atoms with van der Waals surface area (Å²) in [5.41, 5.74) is 0. The summed E-state index contributed by atoms with van der Waals surface area (Å²) < 4.78 is 0. The summed E-state index contributed by atoms with van der Waals surface area (Å²) >= 11 is 0. The van der Waals surface area contributed by atoms with Gasteiger partial charge in [0.05, 0.1) is 6.10 Å². The summed E-state index contributed by atoms with van der Waals surface area (Å²) in [7, 11) is 0. The lowest BCUT2D eigenvalue weighted by atomic mass is 9.95. The first-order valence-electron chi connectivity index (χ1n) is 4.52. The van der Waals surface area contributed by atoms with Gasteiger partial charge >= 0.3 is 0 Å². The van der Waals surface area contributed by atoms with Gasteiger partial charge in [0, 0.05) is 0 Å². The molecule has 0 saturated heterocycles. The highest BCUT2D eigenvalue weighted by atomic mass is 16.3. The minimum atomic E-state index is 0.00694. The Bertz CT molecular complexity index is 90.7. The molecule has 0 heterocycles. The van der Waals surface area contributed by atoms with E-state index in [-0.39, 0.29) is 6.10 Å². The lowest BCUT2D eigenvalue weighted by Gasteiger charge is -2.17. The minimum absolute atomic E-state index is 0.00694. The fourth-order valence-corrected chi connectivity index (χ4v) is 1.84. The fraction of sp³-hybridized carbons (Fsp3) is 1.00. The Hall–Kier alpha value is -0.0400. The van der Waals surface area contributed by atoms with E-state index in [2.05, 4.69) is 6.92 Å². The average Bonchev–Trinajstić information content (AvgIpc) is 2.13. The molecule has 1 heteroatoms. The van der Waals surface area contributed by atoms with Crippen LogP contribution in [0.2, 0.25) is 0 Å². The molecule has 60 valence electrons. The van der Waals surface area contributed by atoms with E-state index in [0.29, 0.717) is 5.92 Å². The van der Waals surface area contributed by atoms with Crippen LogP contribution in [0.25, 0.3) is 0 Å². The highest BCUT2D eigenvalue weighted by Gasteiger charge is 2.18. The maximum Gasteiger partial charge on any atom is 0.0568 e. The maximum absolute atomic E-state index is 9.55. The Kier molecular flexibility index (Phi) is 3.20. The molecule has 0 spiro atoms. The van der Waals surface area contributed by atoms with Crippen LogP contribution in [0.15, 0.2) is 0 Å². The van der Waals surface area contributed by atoms with E-state index in [0.717, 1.165) is 12.8 Å². The lowest BCUT2D eigenvalue weighted by molar-refractivity contribution is 0.0985. The van der Waals surface area contributed by atoms with Crippen molar-refractivity contribution < 1.29 is 5.11 Å². The van der Waals surface area contributed by atoms with E-state index in [4.69, 9.17) is 0 Å². The van der Waals surface area contributed by atoms with Crippen LogP contribution in [0.3, 0.4) is 0 Å². The second kappa shape index (κ2) is 3.97. The van der Waals surface area contributed by atoms with Gasteiger partial charge in [-0.05, 0) is 18.8 Å². The van der Waals surface area contributed by atoms with Gasteiger partial charge in [-0.3, -0.25) is 0 Å². The molecule has 10 heavy (non-hydrogen) atoms. The van der Waals surface area contributed by atoms with Gasteiger partial charge in [0.1, 0.15) is 0 Å². The van der Waals surface area contributed by atoms with Crippen molar-refractivity contribution in [3.63, 3.8) is 0 Å². The quantitative estimate of drug-likeness (QED) is 0.557. The zero-order chi connectivity index (χ0) is 7.40. The monoisotopic (exact) mass is 142 g/mol. The van der Waals surface area contributed by atoms with Gasteiger partial charge in [0.2, 0.25) is 0 Å².